The lowest BCUT2D eigenvalue weighted by atomic mass is 10.4. The predicted octanol–water partition coefficient (Wildman–Crippen LogP) is 2.20. The monoisotopic (exact) mass is 267 g/mol. The van der Waals surface area contributed by atoms with Gasteiger partial charge in [-0.3, -0.25) is 0 Å². The zero-order valence-electron chi connectivity index (χ0n) is 8.15. The van der Waals surface area contributed by atoms with Crippen LogP contribution in [0.25, 0.3) is 0 Å². The number of rotatable bonds is 4. The van der Waals surface area contributed by atoms with Crippen LogP contribution in [-0.4, -0.2) is 32.2 Å². The van der Waals surface area contributed by atoms with Gasteiger partial charge in [-0.25, -0.2) is 8.42 Å². The maximum absolute atomic E-state index is 11.9. The van der Waals surface area contributed by atoms with Crippen LogP contribution in [0.4, 0.5) is 0 Å². The minimum absolute atomic E-state index is 0.110. The van der Waals surface area contributed by atoms with Crippen LogP contribution < -0.4 is 0 Å². The Bertz CT molecular complexity index is 433. The molecule has 1 aromatic carbocycles. The first-order valence-electron chi connectivity index (χ1n) is 4.27. The third-order valence-electron chi connectivity index (χ3n) is 1.92. The Labute approximate surface area is 99.7 Å². The molecule has 0 saturated carbocycles. The summed E-state index contributed by atoms with van der Waals surface area (Å²) < 4.78 is 25.0. The molecule has 0 atom stereocenters. The molecule has 0 aliphatic heterocycles. The van der Waals surface area contributed by atoms with E-state index in [4.69, 9.17) is 23.2 Å². The van der Waals surface area contributed by atoms with Gasteiger partial charge in [-0.1, -0.05) is 23.7 Å². The van der Waals surface area contributed by atoms with Crippen molar-refractivity contribution in [3.63, 3.8) is 0 Å². The summed E-state index contributed by atoms with van der Waals surface area (Å²) in [6.07, 6.45) is 0. The molecular formula is C9H11Cl2NO2S. The Morgan fingerprint density at radius 3 is 2.47 bits per heavy atom. The number of nitrogens with zero attached hydrogens (tertiary/aromatic N) is 1. The molecule has 15 heavy (non-hydrogen) atoms. The minimum atomic E-state index is -3.51. The van der Waals surface area contributed by atoms with E-state index in [-0.39, 0.29) is 22.3 Å². The number of hydrogen-bond acceptors (Lipinski definition) is 2. The van der Waals surface area contributed by atoms with Crippen molar-refractivity contribution in [1.82, 2.24) is 4.31 Å². The maximum atomic E-state index is 11.9. The topological polar surface area (TPSA) is 37.4 Å². The van der Waals surface area contributed by atoms with E-state index in [2.05, 4.69) is 0 Å². The summed E-state index contributed by atoms with van der Waals surface area (Å²) in [5.74, 6) is 0.250. The first-order chi connectivity index (χ1) is 7.00. The Morgan fingerprint density at radius 2 is 1.93 bits per heavy atom. The van der Waals surface area contributed by atoms with Crippen LogP contribution in [0.15, 0.2) is 29.2 Å². The number of sulfonamides is 1. The normalized spacial score (nSPS) is 12.0. The van der Waals surface area contributed by atoms with Gasteiger partial charge < -0.3 is 0 Å². The molecule has 0 aliphatic rings. The highest BCUT2D eigenvalue weighted by molar-refractivity contribution is 7.89. The van der Waals surface area contributed by atoms with E-state index in [9.17, 15) is 8.42 Å². The largest absolute Gasteiger partial charge is 0.244 e. The van der Waals surface area contributed by atoms with Gasteiger partial charge in [0.2, 0.25) is 10.0 Å². The van der Waals surface area contributed by atoms with E-state index < -0.39 is 10.0 Å². The van der Waals surface area contributed by atoms with Gasteiger partial charge in [-0.15, -0.1) is 11.6 Å². The second-order valence-electron chi connectivity index (χ2n) is 2.95. The molecule has 84 valence electrons. The summed E-state index contributed by atoms with van der Waals surface area (Å²) in [4.78, 5) is 0.110. The molecule has 0 radical (unpaired) electrons. The zero-order valence-corrected chi connectivity index (χ0v) is 10.5. The van der Waals surface area contributed by atoms with Gasteiger partial charge >= 0.3 is 0 Å². The summed E-state index contributed by atoms with van der Waals surface area (Å²) in [6, 6.07) is 6.33. The molecule has 0 N–H and O–H groups in total. The molecule has 0 bridgehead atoms. The van der Waals surface area contributed by atoms with Crippen molar-refractivity contribution in [1.29, 1.82) is 0 Å². The fraction of sp³-hybridized carbons (Fsp3) is 0.333. The van der Waals surface area contributed by atoms with E-state index in [1.807, 2.05) is 0 Å². The van der Waals surface area contributed by atoms with Crippen LogP contribution in [0.3, 0.4) is 0 Å². The van der Waals surface area contributed by atoms with Gasteiger partial charge in [0.05, 0.1) is 5.02 Å². The van der Waals surface area contributed by atoms with Gasteiger partial charge in [0.15, 0.2) is 0 Å². The first-order valence-corrected chi connectivity index (χ1v) is 6.62. The number of benzene rings is 1. The molecule has 0 heterocycles. The Kier molecular flexibility index (Phi) is 4.40. The molecule has 0 spiro atoms. The molecule has 0 aromatic heterocycles. The fourth-order valence-electron chi connectivity index (χ4n) is 1.06. The molecule has 1 aromatic rings. The van der Waals surface area contributed by atoms with Gasteiger partial charge in [0.25, 0.3) is 0 Å². The van der Waals surface area contributed by atoms with Gasteiger partial charge in [-0.2, -0.15) is 4.31 Å². The van der Waals surface area contributed by atoms with Crippen molar-refractivity contribution in [2.24, 2.45) is 0 Å². The number of halogens is 2. The summed E-state index contributed by atoms with van der Waals surface area (Å²) in [6.45, 7) is 0.259. The second kappa shape index (κ2) is 5.16. The predicted molar refractivity (Wildman–Crippen MR) is 62.0 cm³/mol. The third kappa shape index (κ3) is 2.84. The maximum Gasteiger partial charge on any atom is 0.244 e. The van der Waals surface area contributed by atoms with Gasteiger partial charge in [0.1, 0.15) is 4.90 Å². The molecule has 0 amide bonds. The molecule has 0 unspecified atom stereocenters. The van der Waals surface area contributed by atoms with Crippen LogP contribution in [-0.2, 0) is 10.0 Å². The Hall–Kier alpha value is -0.290. The van der Waals surface area contributed by atoms with Crippen LogP contribution in [0.1, 0.15) is 0 Å². The molecule has 0 saturated heterocycles. The molecule has 3 nitrogen and oxygen atoms in total. The van der Waals surface area contributed by atoms with E-state index in [1.54, 1.807) is 18.2 Å². The average Bonchev–Trinajstić information content (AvgIpc) is 2.18. The van der Waals surface area contributed by atoms with E-state index in [1.165, 1.54) is 17.4 Å². The zero-order chi connectivity index (χ0) is 11.5. The van der Waals surface area contributed by atoms with Crippen LogP contribution in [0, 0.1) is 0 Å². The average molecular weight is 268 g/mol. The SMILES string of the molecule is CN(CCCl)S(=O)(=O)c1ccccc1Cl. The molecule has 6 heteroatoms. The standard InChI is InChI=1S/C9H11Cl2NO2S/c1-12(7-6-10)15(13,14)9-5-3-2-4-8(9)11/h2-5H,6-7H2,1H3. The van der Waals surface area contributed by atoms with Gasteiger partial charge in [0, 0.05) is 19.5 Å². The van der Waals surface area contributed by atoms with E-state index in [0.29, 0.717) is 0 Å². The van der Waals surface area contributed by atoms with Crippen LogP contribution >= 0.6 is 23.2 Å². The third-order valence-corrected chi connectivity index (χ3v) is 4.45. The lowest BCUT2D eigenvalue weighted by molar-refractivity contribution is 0.488. The number of alkyl halides is 1. The molecule has 0 fully saturated rings. The molecule has 0 aliphatic carbocycles. The molecular weight excluding hydrogens is 257 g/mol. The lowest BCUT2D eigenvalue weighted by Crippen LogP contribution is -2.28. The van der Waals surface area contributed by atoms with Crippen LogP contribution in [0.2, 0.25) is 5.02 Å². The minimum Gasteiger partial charge on any atom is -0.207 e. The highest BCUT2D eigenvalue weighted by Gasteiger charge is 2.22. The highest BCUT2D eigenvalue weighted by atomic mass is 35.5. The Morgan fingerprint density at radius 1 is 1.33 bits per heavy atom. The van der Waals surface area contributed by atoms with Crippen molar-refractivity contribution in [3.8, 4) is 0 Å². The number of hydrogen-bond donors (Lipinski definition) is 0. The summed E-state index contributed by atoms with van der Waals surface area (Å²) in [5.41, 5.74) is 0. The van der Waals surface area contributed by atoms with Crippen molar-refractivity contribution in [2.45, 2.75) is 4.90 Å². The van der Waals surface area contributed by atoms with Crippen molar-refractivity contribution in [2.75, 3.05) is 19.5 Å². The summed E-state index contributed by atoms with van der Waals surface area (Å²) in [5, 5.41) is 0.221. The van der Waals surface area contributed by atoms with Crippen LogP contribution in [0.5, 0.6) is 0 Å². The first kappa shape index (κ1) is 12.8. The summed E-state index contributed by atoms with van der Waals surface area (Å²) in [7, 11) is -2.04. The van der Waals surface area contributed by atoms with Crippen molar-refractivity contribution < 1.29 is 8.42 Å². The second-order valence-corrected chi connectivity index (χ2v) is 5.74. The fourth-order valence-corrected chi connectivity index (χ4v) is 3.08. The smallest absolute Gasteiger partial charge is 0.207 e. The lowest BCUT2D eigenvalue weighted by Gasteiger charge is -2.16. The van der Waals surface area contributed by atoms with Gasteiger partial charge in [-0.05, 0) is 12.1 Å². The van der Waals surface area contributed by atoms with E-state index in [0.717, 1.165) is 0 Å². The highest BCUT2D eigenvalue weighted by Crippen LogP contribution is 2.23. The van der Waals surface area contributed by atoms with E-state index >= 15 is 0 Å². The summed E-state index contributed by atoms with van der Waals surface area (Å²) >= 11 is 11.3. The van der Waals surface area contributed by atoms with Crippen molar-refractivity contribution >= 4 is 33.2 Å². The Balaban J connectivity index is 3.12. The quantitative estimate of drug-likeness (QED) is 0.785. The molecule has 1 rings (SSSR count). The van der Waals surface area contributed by atoms with Crippen molar-refractivity contribution in [3.05, 3.63) is 29.3 Å².